The molecule has 0 radical (unpaired) electrons. The summed E-state index contributed by atoms with van der Waals surface area (Å²) in [7, 11) is 0. The number of carbonyl (C=O) groups is 2. The monoisotopic (exact) mass is 332 g/mol. The van der Waals surface area contributed by atoms with E-state index in [1.165, 1.54) is 11.1 Å². The highest BCUT2D eigenvalue weighted by Crippen LogP contribution is 2.25. The Balaban J connectivity index is 1.62. The van der Waals surface area contributed by atoms with Crippen LogP contribution in [0, 0.1) is 6.92 Å². The Morgan fingerprint density at radius 1 is 1.46 bits per heavy atom. The van der Waals surface area contributed by atoms with Gasteiger partial charge in [0.05, 0.1) is 17.8 Å². The van der Waals surface area contributed by atoms with Gasteiger partial charge < -0.3 is 14.7 Å². The van der Waals surface area contributed by atoms with E-state index in [9.17, 15) is 9.59 Å². The molecule has 9 nitrogen and oxygen atoms in total. The summed E-state index contributed by atoms with van der Waals surface area (Å²) in [5.41, 5.74) is 0.510. The molecule has 1 fully saturated rings. The van der Waals surface area contributed by atoms with E-state index in [1.807, 2.05) is 6.92 Å². The number of rotatable bonds is 3. The van der Waals surface area contributed by atoms with Gasteiger partial charge in [-0.15, -0.1) is 0 Å². The SMILES string of the molecule is CCn1cc(NC(=O)C(=O)N2CCCC(c3nc(C)no3)C2)cn1. The number of carbonyl (C=O) groups excluding carboxylic acids is 2. The maximum absolute atomic E-state index is 12.4. The quantitative estimate of drug-likeness (QED) is 0.838. The minimum absolute atomic E-state index is 0.0282. The van der Waals surface area contributed by atoms with Gasteiger partial charge in [0.25, 0.3) is 0 Å². The molecule has 0 bridgehead atoms. The fourth-order valence-corrected chi connectivity index (χ4v) is 2.77. The van der Waals surface area contributed by atoms with Crippen molar-refractivity contribution in [2.75, 3.05) is 18.4 Å². The van der Waals surface area contributed by atoms with Crippen molar-refractivity contribution in [3.8, 4) is 0 Å². The first-order valence-corrected chi connectivity index (χ1v) is 7.99. The lowest BCUT2D eigenvalue weighted by atomic mass is 9.98. The predicted octanol–water partition coefficient (Wildman–Crippen LogP) is 0.939. The average Bonchev–Trinajstić information content (AvgIpc) is 3.23. The molecule has 0 spiro atoms. The predicted molar refractivity (Wildman–Crippen MR) is 84.1 cm³/mol. The molecule has 24 heavy (non-hydrogen) atoms. The zero-order valence-electron chi connectivity index (χ0n) is 13.7. The van der Waals surface area contributed by atoms with Gasteiger partial charge in [0.15, 0.2) is 5.82 Å². The van der Waals surface area contributed by atoms with Crippen molar-refractivity contribution in [3.63, 3.8) is 0 Å². The smallest absolute Gasteiger partial charge is 0.313 e. The molecule has 9 heteroatoms. The summed E-state index contributed by atoms with van der Waals surface area (Å²) in [6.07, 6.45) is 4.86. The average molecular weight is 332 g/mol. The molecule has 0 saturated carbocycles. The number of nitrogens with zero attached hydrogens (tertiary/aromatic N) is 5. The number of amides is 2. The molecule has 1 atom stereocenters. The summed E-state index contributed by atoms with van der Waals surface area (Å²) in [5, 5.41) is 10.4. The van der Waals surface area contributed by atoms with Crippen LogP contribution in [-0.2, 0) is 16.1 Å². The van der Waals surface area contributed by atoms with Crippen LogP contribution in [0.4, 0.5) is 5.69 Å². The molecule has 1 saturated heterocycles. The van der Waals surface area contributed by atoms with E-state index < -0.39 is 11.8 Å². The second kappa shape index (κ2) is 6.81. The van der Waals surface area contributed by atoms with Gasteiger partial charge in [-0.2, -0.15) is 10.1 Å². The van der Waals surface area contributed by atoms with E-state index in [1.54, 1.807) is 17.8 Å². The molecule has 1 aliphatic heterocycles. The highest BCUT2D eigenvalue weighted by atomic mass is 16.5. The molecule has 1 unspecified atom stereocenters. The van der Waals surface area contributed by atoms with Gasteiger partial charge >= 0.3 is 11.8 Å². The van der Waals surface area contributed by atoms with Crippen LogP contribution in [0.25, 0.3) is 0 Å². The fourth-order valence-electron chi connectivity index (χ4n) is 2.77. The molecule has 2 aromatic heterocycles. The van der Waals surface area contributed by atoms with Crippen LogP contribution in [0.2, 0.25) is 0 Å². The van der Waals surface area contributed by atoms with E-state index in [0.717, 1.165) is 12.8 Å². The number of anilines is 1. The standard InChI is InChI=1S/C15H20N6O3/c1-3-21-9-12(7-16-21)18-13(22)15(23)20-6-4-5-11(8-20)14-17-10(2)19-24-14/h7,9,11H,3-6,8H2,1-2H3,(H,18,22). The number of aryl methyl sites for hydroxylation is 2. The normalized spacial score (nSPS) is 17.8. The van der Waals surface area contributed by atoms with Crippen molar-refractivity contribution in [2.45, 2.75) is 39.2 Å². The maximum Gasteiger partial charge on any atom is 0.313 e. The third-order valence-electron chi connectivity index (χ3n) is 4.01. The van der Waals surface area contributed by atoms with Crippen LogP contribution in [-0.4, -0.2) is 49.7 Å². The second-order valence-electron chi connectivity index (χ2n) is 5.81. The van der Waals surface area contributed by atoms with Gasteiger partial charge in [0.1, 0.15) is 0 Å². The lowest BCUT2D eigenvalue weighted by Gasteiger charge is -2.30. The summed E-state index contributed by atoms with van der Waals surface area (Å²) in [6.45, 7) is 5.34. The zero-order valence-corrected chi connectivity index (χ0v) is 13.7. The first kappa shape index (κ1) is 16.2. The molecule has 0 aromatic carbocycles. The molecule has 128 valence electrons. The van der Waals surface area contributed by atoms with Crippen LogP contribution in [0.3, 0.4) is 0 Å². The first-order valence-electron chi connectivity index (χ1n) is 7.99. The highest BCUT2D eigenvalue weighted by molar-refractivity contribution is 6.39. The molecule has 2 amide bonds. The summed E-state index contributed by atoms with van der Waals surface area (Å²) in [4.78, 5) is 30.3. The lowest BCUT2D eigenvalue weighted by Crippen LogP contribution is -2.44. The Kier molecular flexibility index (Phi) is 4.59. The third-order valence-corrected chi connectivity index (χ3v) is 4.01. The third kappa shape index (κ3) is 3.44. The number of aromatic nitrogens is 4. The van der Waals surface area contributed by atoms with Crippen molar-refractivity contribution < 1.29 is 14.1 Å². The first-order chi connectivity index (χ1) is 11.6. The number of nitrogens with one attached hydrogen (secondary N) is 1. The van der Waals surface area contributed by atoms with Gasteiger partial charge in [0.2, 0.25) is 5.89 Å². The molecule has 1 aliphatic rings. The van der Waals surface area contributed by atoms with Crippen LogP contribution in [0.15, 0.2) is 16.9 Å². The summed E-state index contributed by atoms with van der Waals surface area (Å²) >= 11 is 0. The van der Waals surface area contributed by atoms with Gasteiger partial charge in [-0.1, -0.05) is 5.16 Å². The Labute approximate surface area is 139 Å². The summed E-state index contributed by atoms with van der Waals surface area (Å²) < 4.78 is 6.87. The van der Waals surface area contributed by atoms with Crippen molar-refractivity contribution in [2.24, 2.45) is 0 Å². The summed E-state index contributed by atoms with van der Waals surface area (Å²) in [6, 6.07) is 0. The van der Waals surface area contributed by atoms with Crippen molar-refractivity contribution >= 4 is 17.5 Å². The minimum Gasteiger partial charge on any atom is -0.339 e. The summed E-state index contributed by atoms with van der Waals surface area (Å²) in [5.74, 6) is -0.151. The molecule has 0 aliphatic carbocycles. The number of hydrogen-bond acceptors (Lipinski definition) is 6. The van der Waals surface area contributed by atoms with E-state index in [0.29, 0.717) is 37.0 Å². The fraction of sp³-hybridized carbons (Fsp3) is 0.533. The highest BCUT2D eigenvalue weighted by Gasteiger charge is 2.31. The van der Waals surface area contributed by atoms with E-state index in [-0.39, 0.29) is 5.92 Å². The van der Waals surface area contributed by atoms with Gasteiger partial charge in [-0.25, -0.2) is 0 Å². The molecular formula is C15H20N6O3. The van der Waals surface area contributed by atoms with Crippen LogP contribution in [0.1, 0.15) is 37.4 Å². The maximum atomic E-state index is 12.4. The van der Waals surface area contributed by atoms with Crippen molar-refractivity contribution in [1.29, 1.82) is 0 Å². The minimum atomic E-state index is -0.659. The lowest BCUT2D eigenvalue weighted by molar-refractivity contribution is -0.144. The largest absolute Gasteiger partial charge is 0.339 e. The number of piperidine rings is 1. The second-order valence-corrected chi connectivity index (χ2v) is 5.81. The van der Waals surface area contributed by atoms with Crippen LogP contribution >= 0.6 is 0 Å². The Morgan fingerprint density at radius 2 is 2.29 bits per heavy atom. The molecule has 3 heterocycles. The van der Waals surface area contributed by atoms with Gasteiger partial charge in [0, 0.05) is 25.8 Å². The topological polar surface area (TPSA) is 106 Å². The van der Waals surface area contributed by atoms with E-state index in [4.69, 9.17) is 4.52 Å². The zero-order chi connectivity index (χ0) is 17.1. The van der Waals surface area contributed by atoms with Crippen LogP contribution < -0.4 is 5.32 Å². The van der Waals surface area contributed by atoms with Crippen molar-refractivity contribution in [3.05, 3.63) is 24.1 Å². The molecule has 2 aromatic rings. The molecule has 3 rings (SSSR count). The van der Waals surface area contributed by atoms with Crippen LogP contribution in [0.5, 0.6) is 0 Å². The van der Waals surface area contributed by atoms with Gasteiger partial charge in [-0.05, 0) is 26.7 Å². The van der Waals surface area contributed by atoms with Gasteiger partial charge in [-0.3, -0.25) is 14.3 Å². The number of likely N-dealkylation sites (tertiary alicyclic amines) is 1. The molecular weight excluding hydrogens is 312 g/mol. The Bertz CT molecular complexity index is 737. The number of hydrogen-bond donors (Lipinski definition) is 1. The molecule has 1 N–H and O–H groups in total. The Morgan fingerprint density at radius 3 is 2.96 bits per heavy atom. The van der Waals surface area contributed by atoms with E-state index in [2.05, 4.69) is 20.6 Å². The van der Waals surface area contributed by atoms with Crippen molar-refractivity contribution in [1.82, 2.24) is 24.8 Å². The Hall–Kier alpha value is -2.71. The van der Waals surface area contributed by atoms with E-state index >= 15 is 0 Å².